The Morgan fingerprint density at radius 2 is 1.84 bits per heavy atom. The molecule has 2 N–H and O–H groups in total. The predicted molar refractivity (Wildman–Crippen MR) is 78.8 cm³/mol. The summed E-state index contributed by atoms with van der Waals surface area (Å²) >= 11 is 12.1. The van der Waals surface area contributed by atoms with Crippen LogP contribution in [0.3, 0.4) is 0 Å². The summed E-state index contributed by atoms with van der Waals surface area (Å²) in [6.45, 7) is 0. The molecule has 0 bridgehead atoms. The summed E-state index contributed by atoms with van der Waals surface area (Å²) in [5.74, 6) is 0. The van der Waals surface area contributed by atoms with E-state index in [-0.39, 0.29) is 0 Å². The summed E-state index contributed by atoms with van der Waals surface area (Å²) in [5.41, 5.74) is 2.44. The molecule has 0 aliphatic rings. The van der Waals surface area contributed by atoms with Crippen LogP contribution in [0.5, 0.6) is 0 Å². The molecule has 1 atom stereocenters. The fourth-order valence-electron chi connectivity index (χ4n) is 2.15. The molecule has 4 heteroatoms. The molecule has 3 aromatic rings. The first-order valence-corrected chi connectivity index (χ1v) is 6.61. The van der Waals surface area contributed by atoms with E-state index >= 15 is 0 Å². The largest absolute Gasteiger partial charge is 0.384 e. The number of fused-ring (bicyclic) bond motifs is 1. The maximum atomic E-state index is 10.4. The number of halogens is 2. The molecular weight excluding hydrogens is 281 g/mol. The van der Waals surface area contributed by atoms with E-state index < -0.39 is 6.10 Å². The number of benzene rings is 2. The lowest BCUT2D eigenvalue weighted by molar-refractivity contribution is 0.220. The van der Waals surface area contributed by atoms with Gasteiger partial charge < -0.3 is 10.1 Å². The molecule has 2 aromatic carbocycles. The molecule has 19 heavy (non-hydrogen) atoms. The molecule has 0 aliphatic carbocycles. The van der Waals surface area contributed by atoms with Crippen molar-refractivity contribution in [1.29, 1.82) is 0 Å². The third-order valence-corrected chi connectivity index (χ3v) is 3.73. The summed E-state index contributed by atoms with van der Waals surface area (Å²) in [6.07, 6.45) is 1.08. The molecule has 96 valence electrons. The highest BCUT2D eigenvalue weighted by Crippen LogP contribution is 2.31. The second kappa shape index (κ2) is 4.89. The van der Waals surface area contributed by atoms with Crippen molar-refractivity contribution < 1.29 is 5.11 Å². The number of aromatic amines is 1. The molecule has 0 spiro atoms. The first kappa shape index (κ1) is 12.5. The average Bonchev–Trinajstić information content (AvgIpc) is 2.88. The first-order chi connectivity index (χ1) is 9.15. The first-order valence-electron chi connectivity index (χ1n) is 5.85. The van der Waals surface area contributed by atoms with E-state index in [0.717, 1.165) is 16.5 Å². The van der Waals surface area contributed by atoms with Crippen molar-refractivity contribution in [2.45, 2.75) is 6.10 Å². The lowest BCUT2D eigenvalue weighted by Crippen LogP contribution is -2.00. The zero-order valence-corrected chi connectivity index (χ0v) is 11.4. The van der Waals surface area contributed by atoms with Crippen molar-refractivity contribution in [3.05, 3.63) is 69.8 Å². The maximum absolute atomic E-state index is 10.4. The summed E-state index contributed by atoms with van der Waals surface area (Å²) in [5, 5.41) is 12.6. The van der Waals surface area contributed by atoms with Gasteiger partial charge >= 0.3 is 0 Å². The monoisotopic (exact) mass is 291 g/mol. The SMILES string of the molecule is OC(c1ccc2[nH]ccc2c1)c1cc(Cl)ccc1Cl. The van der Waals surface area contributed by atoms with Crippen LogP contribution in [-0.2, 0) is 0 Å². The number of aromatic nitrogens is 1. The third kappa shape index (κ3) is 2.35. The normalized spacial score (nSPS) is 12.8. The van der Waals surface area contributed by atoms with Gasteiger partial charge in [-0.1, -0.05) is 29.3 Å². The van der Waals surface area contributed by atoms with Crippen molar-refractivity contribution in [1.82, 2.24) is 4.98 Å². The van der Waals surface area contributed by atoms with Crippen LogP contribution in [0.1, 0.15) is 17.2 Å². The fraction of sp³-hybridized carbons (Fsp3) is 0.0667. The Balaban J connectivity index is 2.07. The van der Waals surface area contributed by atoms with Gasteiger partial charge in [0.2, 0.25) is 0 Å². The molecular formula is C15H11Cl2NO. The number of hydrogen-bond donors (Lipinski definition) is 2. The Kier molecular flexibility index (Phi) is 3.23. The summed E-state index contributed by atoms with van der Waals surface area (Å²) in [4.78, 5) is 3.12. The summed E-state index contributed by atoms with van der Waals surface area (Å²) in [7, 11) is 0. The Bertz CT molecular complexity index is 736. The van der Waals surface area contributed by atoms with Gasteiger partial charge in [-0.2, -0.15) is 0 Å². The second-order valence-electron chi connectivity index (χ2n) is 4.39. The molecule has 0 radical (unpaired) electrons. The van der Waals surface area contributed by atoms with Crippen molar-refractivity contribution >= 4 is 34.1 Å². The number of nitrogens with one attached hydrogen (secondary N) is 1. The van der Waals surface area contributed by atoms with Crippen LogP contribution in [0, 0.1) is 0 Å². The molecule has 0 aliphatic heterocycles. The van der Waals surface area contributed by atoms with Crippen LogP contribution in [0.15, 0.2) is 48.7 Å². The molecule has 0 saturated carbocycles. The highest BCUT2D eigenvalue weighted by atomic mass is 35.5. The Labute approximate surface area is 120 Å². The topological polar surface area (TPSA) is 36.0 Å². The van der Waals surface area contributed by atoms with Gasteiger partial charge in [0.25, 0.3) is 0 Å². The molecule has 2 nitrogen and oxygen atoms in total. The maximum Gasteiger partial charge on any atom is 0.106 e. The van der Waals surface area contributed by atoms with E-state index in [2.05, 4.69) is 4.98 Å². The van der Waals surface area contributed by atoms with Gasteiger partial charge in [-0.15, -0.1) is 0 Å². The molecule has 0 fully saturated rings. The summed E-state index contributed by atoms with van der Waals surface area (Å²) < 4.78 is 0. The van der Waals surface area contributed by atoms with Crippen LogP contribution in [-0.4, -0.2) is 10.1 Å². The Morgan fingerprint density at radius 3 is 2.68 bits per heavy atom. The lowest BCUT2D eigenvalue weighted by Gasteiger charge is -2.13. The molecule has 1 unspecified atom stereocenters. The van der Waals surface area contributed by atoms with Crippen LogP contribution < -0.4 is 0 Å². The van der Waals surface area contributed by atoms with E-state index in [1.54, 1.807) is 18.2 Å². The van der Waals surface area contributed by atoms with E-state index in [1.807, 2.05) is 30.5 Å². The highest BCUT2D eigenvalue weighted by Gasteiger charge is 2.15. The van der Waals surface area contributed by atoms with Crippen LogP contribution in [0.4, 0.5) is 0 Å². The molecule has 1 heterocycles. The minimum atomic E-state index is -0.787. The quantitative estimate of drug-likeness (QED) is 0.714. The zero-order valence-electron chi connectivity index (χ0n) is 9.90. The molecule has 0 amide bonds. The standard InChI is InChI=1S/C15H11Cl2NO/c16-11-2-3-13(17)12(8-11)15(19)10-1-4-14-9(7-10)5-6-18-14/h1-8,15,18-19H. The average molecular weight is 292 g/mol. The molecule has 1 aromatic heterocycles. The molecule has 0 saturated heterocycles. The Hall–Kier alpha value is -1.48. The van der Waals surface area contributed by atoms with E-state index in [9.17, 15) is 5.11 Å². The number of H-pyrrole nitrogens is 1. The van der Waals surface area contributed by atoms with Crippen molar-refractivity contribution in [2.24, 2.45) is 0 Å². The van der Waals surface area contributed by atoms with E-state index in [0.29, 0.717) is 15.6 Å². The van der Waals surface area contributed by atoms with Gasteiger partial charge in [0, 0.05) is 27.3 Å². The van der Waals surface area contributed by atoms with Crippen molar-refractivity contribution in [3.8, 4) is 0 Å². The number of aliphatic hydroxyl groups is 1. The van der Waals surface area contributed by atoms with Gasteiger partial charge in [0.05, 0.1) is 0 Å². The highest BCUT2D eigenvalue weighted by molar-refractivity contribution is 6.33. The lowest BCUT2D eigenvalue weighted by atomic mass is 10.0. The van der Waals surface area contributed by atoms with Crippen LogP contribution >= 0.6 is 23.2 Å². The van der Waals surface area contributed by atoms with E-state index in [4.69, 9.17) is 23.2 Å². The zero-order chi connectivity index (χ0) is 13.4. The smallest absolute Gasteiger partial charge is 0.106 e. The molecule has 3 rings (SSSR count). The van der Waals surface area contributed by atoms with Crippen molar-refractivity contribution in [2.75, 3.05) is 0 Å². The van der Waals surface area contributed by atoms with Gasteiger partial charge in [0.15, 0.2) is 0 Å². The minimum Gasteiger partial charge on any atom is -0.384 e. The van der Waals surface area contributed by atoms with Crippen molar-refractivity contribution in [3.63, 3.8) is 0 Å². The van der Waals surface area contributed by atoms with Gasteiger partial charge in [0.1, 0.15) is 6.10 Å². The predicted octanol–water partition coefficient (Wildman–Crippen LogP) is 4.56. The van der Waals surface area contributed by atoms with Crippen LogP contribution in [0.25, 0.3) is 10.9 Å². The summed E-state index contributed by atoms with van der Waals surface area (Å²) in [6, 6.07) is 12.8. The number of hydrogen-bond acceptors (Lipinski definition) is 1. The van der Waals surface area contributed by atoms with E-state index in [1.165, 1.54) is 0 Å². The van der Waals surface area contributed by atoms with Crippen LogP contribution in [0.2, 0.25) is 10.0 Å². The fourth-order valence-corrected chi connectivity index (χ4v) is 2.55. The number of aliphatic hydroxyl groups excluding tert-OH is 1. The number of rotatable bonds is 2. The van der Waals surface area contributed by atoms with Gasteiger partial charge in [-0.05, 0) is 47.3 Å². The second-order valence-corrected chi connectivity index (χ2v) is 5.24. The minimum absolute atomic E-state index is 0.506. The van der Waals surface area contributed by atoms with Gasteiger partial charge in [-0.25, -0.2) is 0 Å². The Morgan fingerprint density at radius 1 is 1.00 bits per heavy atom. The third-order valence-electron chi connectivity index (χ3n) is 3.15. The van der Waals surface area contributed by atoms with Gasteiger partial charge in [-0.3, -0.25) is 0 Å².